The number of likely N-dealkylation sites (tertiary alicyclic amines) is 1. The van der Waals surface area contributed by atoms with Gasteiger partial charge in [-0.15, -0.1) is 0 Å². The van der Waals surface area contributed by atoms with Crippen LogP contribution >= 0.6 is 0 Å². The van der Waals surface area contributed by atoms with Gasteiger partial charge in [-0.25, -0.2) is 27.3 Å². The summed E-state index contributed by atoms with van der Waals surface area (Å²) in [5.41, 5.74) is 0.209. The molecule has 7 nitrogen and oxygen atoms in total. The second-order valence-corrected chi connectivity index (χ2v) is 8.07. The lowest BCUT2D eigenvalue weighted by molar-refractivity contribution is -0.131. The van der Waals surface area contributed by atoms with Crippen LogP contribution in [0.1, 0.15) is 28.0 Å². The van der Waals surface area contributed by atoms with Gasteiger partial charge in [0, 0.05) is 38.2 Å². The topological polar surface area (TPSA) is 74.8 Å². The van der Waals surface area contributed by atoms with Crippen LogP contribution < -0.4 is 15.0 Å². The van der Waals surface area contributed by atoms with E-state index in [-0.39, 0.29) is 31.2 Å². The zero-order chi connectivity index (χ0) is 25.3. The zero-order valence-electron chi connectivity index (χ0n) is 18.6. The minimum atomic E-state index is -3.29. The fraction of sp³-hybridized carbons (Fsp3) is 0.292. The number of ether oxygens (including phenoxy) is 1. The normalized spacial score (nSPS) is 19.3. The number of piperidine rings is 1. The lowest BCUT2D eigenvalue weighted by Crippen LogP contribution is -2.55. The summed E-state index contributed by atoms with van der Waals surface area (Å²) in [7, 11) is 0. The highest BCUT2D eigenvalue weighted by atomic mass is 19.3. The number of carbonyl (C=O) groups is 2. The molecular formula is C24H22F4N4O3. The van der Waals surface area contributed by atoms with Crippen LogP contribution in [0, 0.1) is 11.6 Å². The molecule has 1 aromatic heterocycles. The van der Waals surface area contributed by atoms with E-state index in [1.807, 2.05) is 0 Å². The third-order valence-electron chi connectivity index (χ3n) is 5.88. The Morgan fingerprint density at radius 3 is 2.60 bits per heavy atom. The number of urea groups is 1. The van der Waals surface area contributed by atoms with Gasteiger partial charge in [0.2, 0.25) is 5.88 Å². The molecule has 1 N–H and O–H groups in total. The number of carbonyl (C=O) groups excluding carboxylic acids is 2. The van der Waals surface area contributed by atoms with Gasteiger partial charge < -0.3 is 15.0 Å². The first-order chi connectivity index (χ1) is 16.6. The molecule has 0 aliphatic carbocycles. The highest BCUT2D eigenvalue weighted by Gasteiger charge is 2.47. The SMILES string of the molecule is C=Cc1ccc(OC2CN(C(=O)c3cc(N4CCNC4=O)c(F)cc3F)CCC2(F)F)nc1C=C. The van der Waals surface area contributed by atoms with Crippen molar-refractivity contribution in [2.45, 2.75) is 18.4 Å². The number of pyridine rings is 1. The van der Waals surface area contributed by atoms with E-state index in [9.17, 15) is 27.2 Å². The van der Waals surface area contributed by atoms with Crippen LogP contribution in [0.5, 0.6) is 5.88 Å². The molecule has 1 aromatic carbocycles. The third-order valence-corrected chi connectivity index (χ3v) is 5.88. The highest BCUT2D eigenvalue weighted by Crippen LogP contribution is 2.33. The Kier molecular flexibility index (Phi) is 6.51. The molecule has 35 heavy (non-hydrogen) atoms. The third kappa shape index (κ3) is 4.71. The summed E-state index contributed by atoms with van der Waals surface area (Å²) in [6, 6.07) is 3.82. The summed E-state index contributed by atoms with van der Waals surface area (Å²) < 4.78 is 63.7. The number of amides is 3. The molecule has 3 heterocycles. The summed E-state index contributed by atoms with van der Waals surface area (Å²) in [6.45, 7) is 6.72. The maximum absolute atomic E-state index is 14.7. The second-order valence-electron chi connectivity index (χ2n) is 8.07. The lowest BCUT2D eigenvalue weighted by Gasteiger charge is -2.38. The smallest absolute Gasteiger partial charge is 0.322 e. The summed E-state index contributed by atoms with van der Waals surface area (Å²) in [6.07, 6.45) is 0.467. The Labute approximate surface area is 198 Å². The van der Waals surface area contributed by atoms with Gasteiger partial charge in [0.15, 0.2) is 6.10 Å². The number of hydrogen-bond donors (Lipinski definition) is 1. The highest BCUT2D eigenvalue weighted by molar-refractivity contribution is 5.99. The predicted molar refractivity (Wildman–Crippen MR) is 121 cm³/mol. The fourth-order valence-electron chi connectivity index (χ4n) is 3.97. The van der Waals surface area contributed by atoms with Gasteiger partial charge in [-0.05, 0) is 23.8 Å². The van der Waals surface area contributed by atoms with E-state index in [1.165, 1.54) is 18.2 Å². The Morgan fingerprint density at radius 1 is 1.17 bits per heavy atom. The van der Waals surface area contributed by atoms with E-state index >= 15 is 0 Å². The van der Waals surface area contributed by atoms with Crippen LogP contribution in [0.4, 0.5) is 28.0 Å². The molecule has 0 saturated carbocycles. The second kappa shape index (κ2) is 9.40. The number of nitrogens with one attached hydrogen (secondary N) is 1. The largest absolute Gasteiger partial charge is 0.466 e. The van der Waals surface area contributed by atoms with Gasteiger partial charge in [-0.2, -0.15) is 0 Å². The van der Waals surface area contributed by atoms with Crippen molar-refractivity contribution in [3.05, 3.63) is 65.9 Å². The monoisotopic (exact) mass is 490 g/mol. The molecule has 2 aromatic rings. The molecule has 2 aliphatic heterocycles. The summed E-state index contributed by atoms with van der Waals surface area (Å²) >= 11 is 0. The number of nitrogens with zero attached hydrogens (tertiary/aromatic N) is 3. The van der Waals surface area contributed by atoms with E-state index in [0.29, 0.717) is 17.3 Å². The molecule has 4 rings (SSSR count). The summed E-state index contributed by atoms with van der Waals surface area (Å²) in [5, 5.41) is 2.49. The zero-order valence-corrected chi connectivity index (χ0v) is 18.6. The van der Waals surface area contributed by atoms with Crippen molar-refractivity contribution in [1.29, 1.82) is 0 Å². The number of rotatable bonds is 6. The van der Waals surface area contributed by atoms with Crippen molar-refractivity contribution in [2.75, 3.05) is 31.1 Å². The minimum Gasteiger partial charge on any atom is -0.466 e. The molecule has 11 heteroatoms. The van der Waals surface area contributed by atoms with Gasteiger partial charge >= 0.3 is 6.03 Å². The van der Waals surface area contributed by atoms with Crippen LogP contribution in [0.25, 0.3) is 12.2 Å². The first kappa shape index (κ1) is 24.2. The number of halogens is 4. The van der Waals surface area contributed by atoms with Crippen LogP contribution in [0.3, 0.4) is 0 Å². The lowest BCUT2D eigenvalue weighted by atomic mass is 10.0. The van der Waals surface area contributed by atoms with Crippen LogP contribution in [-0.2, 0) is 0 Å². The number of anilines is 1. The van der Waals surface area contributed by atoms with E-state index in [4.69, 9.17) is 4.74 Å². The average Bonchev–Trinajstić information content (AvgIpc) is 3.25. The van der Waals surface area contributed by atoms with E-state index in [0.717, 1.165) is 15.9 Å². The van der Waals surface area contributed by atoms with Gasteiger partial charge in [0.1, 0.15) is 11.6 Å². The van der Waals surface area contributed by atoms with E-state index in [1.54, 1.807) is 6.07 Å². The molecule has 0 spiro atoms. The molecule has 0 bridgehead atoms. The number of alkyl halides is 2. The van der Waals surface area contributed by atoms with Crippen molar-refractivity contribution >= 4 is 29.8 Å². The van der Waals surface area contributed by atoms with Crippen LogP contribution in [0.2, 0.25) is 0 Å². The van der Waals surface area contributed by atoms with Crippen molar-refractivity contribution in [3.63, 3.8) is 0 Å². The van der Waals surface area contributed by atoms with Crippen molar-refractivity contribution < 1.29 is 31.9 Å². The Bertz CT molecular complexity index is 1200. The maximum atomic E-state index is 14.7. The van der Waals surface area contributed by atoms with Crippen LogP contribution in [0.15, 0.2) is 37.4 Å². The first-order valence-corrected chi connectivity index (χ1v) is 10.8. The summed E-state index contributed by atoms with van der Waals surface area (Å²) in [5.74, 6) is -6.49. The quantitative estimate of drug-likeness (QED) is 0.619. The van der Waals surface area contributed by atoms with E-state index in [2.05, 4.69) is 23.5 Å². The number of aromatic nitrogens is 1. The Hall–Kier alpha value is -3.89. The molecule has 1 unspecified atom stereocenters. The Balaban J connectivity index is 1.58. The number of hydrogen-bond acceptors (Lipinski definition) is 4. The van der Waals surface area contributed by atoms with Gasteiger partial charge in [0.25, 0.3) is 11.8 Å². The van der Waals surface area contributed by atoms with Crippen molar-refractivity contribution in [1.82, 2.24) is 15.2 Å². The standard InChI is InChI=1S/C24H22F4N4O3/c1-3-14-5-6-21(30-18(14)4-2)35-20-13-31(9-7-24(20,27)28)22(33)15-11-19(17(26)12-16(15)25)32-10-8-29-23(32)34/h3-6,11-12,20H,1-2,7-10,13H2,(H,29,34). The minimum absolute atomic E-state index is 0.0974. The Morgan fingerprint density at radius 2 is 1.94 bits per heavy atom. The maximum Gasteiger partial charge on any atom is 0.322 e. The molecular weight excluding hydrogens is 468 g/mol. The molecule has 3 amide bonds. The molecule has 2 fully saturated rings. The fourth-order valence-corrected chi connectivity index (χ4v) is 3.97. The van der Waals surface area contributed by atoms with Gasteiger partial charge in [-0.1, -0.05) is 19.2 Å². The van der Waals surface area contributed by atoms with Gasteiger partial charge in [-0.3, -0.25) is 9.69 Å². The predicted octanol–water partition coefficient (Wildman–Crippen LogP) is 4.10. The van der Waals surface area contributed by atoms with Crippen molar-refractivity contribution in [2.24, 2.45) is 0 Å². The van der Waals surface area contributed by atoms with E-state index < -0.39 is 54.1 Å². The molecule has 0 radical (unpaired) electrons. The van der Waals surface area contributed by atoms with Crippen LogP contribution in [-0.4, -0.2) is 60.0 Å². The molecule has 2 aliphatic rings. The summed E-state index contributed by atoms with van der Waals surface area (Å²) in [4.78, 5) is 31.2. The first-order valence-electron chi connectivity index (χ1n) is 10.8. The molecule has 184 valence electrons. The van der Waals surface area contributed by atoms with Gasteiger partial charge in [0.05, 0.1) is 23.5 Å². The average molecular weight is 490 g/mol. The number of benzene rings is 1. The molecule has 2 saturated heterocycles. The molecule has 1 atom stereocenters. The van der Waals surface area contributed by atoms with Crippen molar-refractivity contribution in [3.8, 4) is 5.88 Å².